The summed E-state index contributed by atoms with van der Waals surface area (Å²) in [5, 5.41) is 1.21. The van der Waals surface area contributed by atoms with E-state index in [0.717, 1.165) is 34.6 Å². The number of carbonyl (C=O) groups excluding carboxylic acids is 1. The Hall–Kier alpha value is -1.97. The van der Waals surface area contributed by atoms with E-state index in [9.17, 15) is 4.79 Å². The first-order valence-electron chi connectivity index (χ1n) is 10.1. The molecule has 0 N–H and O–H groups in total. The molecule has 0 bridgehead atoms. The van der Waals surface area contributed by atoms with E-state index in [1.165, 1.54) is 22.7 Å². The summed E-state index contributed by atoms with van der Waals surface area (Å²) >= 11 is 9.36. The van der Waals surface area contributed by atoms with Crippen LogP contribution in [0.15, 0.2) is 35.8 Å². The molecule has 0 fully saturated rings. The average Bonchev–Trinajstić information content (AvgIpc) is 3.44. The molecule has 10 heteroatoms. The van der Waals surface area contributed by atoms with Crippen LogP contribution in [0.3, 0.4) is 0 Å². The van der Waals surface area contributed by atoms with Gasteiger partial charge in [0.05, 0.1) is 32.6 Å². The Morgan fingerprint density at radius 3 is 2.66 bits per heavy atom. The molecule has 0 aliphatic rings. The summed E-state index contributed by atoms with van der Waals surface area (Å²) in [4.78, 5) is 26.7. The van der Waals surface area contributed by atoms with E-state index < -0.39 is 0 Å². The third kappa shape index (κ3) is 4.84. The molecule has 0 spiro atoms. The molecule has 0 saturated carbocycles. The van der Waals surface area contributed by atoms with Crippen LogP contribution in [-0.4, -0.2) is 54.1 Å². The van der Waals surface area contributed by atoms with E-state index in [4.69, 9.17) is 21.3 Å². The van der Waals surface area contributed by atoms with Crippen molar-refractivity contribution in [2.45, 2.75) is 13.8 Å². The average molecular weight is 512 g/mol. The fraction of sp³-hybridized carbons (Fsp3) is 0.318. The van der Waals surface area contributed by atoms with Crippen molar-refractivity contribution < 1.29 is 9.53 Å². The van der Waals surface area contributed by atoms with Crippen molar-refractivity contribution in [3.63, 3.8) is 0 Å². The van der Waals surface area contributed by atoms with Crippen LogP contribution in [0.4, 0.5) is 5.13 Å². The van der Waals surface area contributed by atoms with Gasteiger partial charge in [-0.05, 0) is 43.4 Å². The number of halogens is 2. The Balaban J connectivity index is 0.00000289. The fourth-order valence-electron chi connectivity index (χ4n) is 3.43. The number of thiazole rings is 2. The van der Waals surface area contributed by atoms with Crippen LogP contribution in [0, 0.1) is 0 Å². The summed E-state index contributed by atoms with van der Waals surface area (Å²) in [7, 11) is 1.61. The first-order chi connectivity index (χ1) is 15.0. The van der Waals surface area contributed by atoms with Gasteiger partial charge in [0.1, 0.15) is 11.3 Å². The maximum atomic E-state index is 13.6. The maximum Gasteiger partial charge on any atom is 0.260 e. The molecule has 6 nitrogen and oxygen atoms in total. The summed E-state index contributed by atoms with van der Waals surface area (Å²) < 4.78 is 7.27. The highest BCUT2D eigenvalue weighted by atomic mass is 35.5. The van der Waals surface area contributed by atoms with Gasteiger partial charge in [0, 0.05) is 18.7 Å². The Bertz CT molecular complexity index is 1220. The van der Waals surface area contributed by atoms with Gasteiger partial charge in [0.15, 0.2) is 5.13 Å². The van der Waals surface area contributed by atoms with Gasteiger partial charge in [-0.3, -0.25) is 9.69 Å². The van der Waals surface area contributed by atoms with E-state index >= 15 is 0 Å². The Morgan fingerprint density at radius 2 is 1.94 bits per heavy atom. The number of fused-ring (bicyclic) bond motifs is 2. The summed E-state index contributed by atoms with van der Waals surface area (Å²) in [5.41, 5.74) is 3.98. The molecule has 4 aromatic rings. The molecule has 0 radical (unpaired) electrons. The summed E-state index contributed by atoms with van der Waals surface area (Å²) in [6, 6.07) is 9.22. The highest BCUT2D eigenvalue weighted by molar-refractivity contribution is 7.23. The maximum absolute atomic E-state index is 13.6. The number of benzene rings is 2. The first-order valence-corrected chi connectivity index (χ1v) is 12.1. The smallest absolute Gasteiger partial charge is 0.260 e. The number of carbonyl (C=O) groups is 1. The number of rotatable bonds is 8. The highest BCUT2D eigenvalue weighted by Crippen LogP contribution is 2.39. The summed E-state index contributed by atoms with van der Waals surface area (Å²) in [6.45, 7) is 7.37. The molecule has 2 aromatic carbocycles. The molecule has 2 aromatic heterocycles. The predicted molar refractivity (Wildman–Crippen MR) is 138 cm³/mol. The summed E-state index contributed by atoms with van der Waals surface area (Å²) in [5.74, 6) is 0.556. The molecular weight excluding hydrogens is 487 g/mol. The minimum Gasteiger partial charge on any atom is -0.494 e. The van der Waals surface area contributed by atoms with Crippen molar-refractivity contribution in [1.29, 1.82) is 0 Å². The fourth-order valence-corrected chi connectivity index (χ4v) is 5.43. The zero-order valence-electron chi connectivity index (χ0n) is 18.0. The number of hydrogen-bond donors (Lipinski definition) is 0. The molecule has 0 unspecified atom stereocenters. The molecule has 0 atom stereocenters. The molecule has 1 amide bonds. The molecule has 0 aliphatic heterocycles. The third-order valence-electron chi connectivity index (χ3n) is 5.26. The minimum absolute atomic E-state index is 0. The van der Waals surface area contributed by atoms with Gasteiger partial charge >= 0.3 is 0 Å². The number of amides is 1. The number of likely N-dealkylation sites (N-methyl/N-ethyl adjacent to an activating group) is 1. The lowest BCUT2D eigenvalue weighted by Gasteiger charge is -2.24. The summed E-state index contributed by atoms with van der Waals surface area (Å²) in [6.07, 6.45) is 0. The standard InChI is InChI=1S/C22H23ClN4O2S2.ClH/c1-4-26(5-2)10-11-27(21(28)14-6-8-16-18(12-14)30-13-24-16)22-25-19-17(29-3)9-7-15(23)20(19)31-22;/h6-9,12-13H,4-5,10-11H2,1-3H3;1H. The molecule has 32 heavy (non-hydrogen) atoms. The van der Waals surface area contributed by atoms with Crippen LogP contribution >= 0.6 is 46.7 Å². The van der Waals surface area contributed by atoms with Crippen molar-refractivity contribution in [3.05, 3.63) is 46.4 Å². The van der Waals surface area contributed by atoms with Crippen LogP contribution in [0.25, 0.3) is 20.4 Å². The normalized spacial score (nSPS) is 11.2. The van der Waals surface area contributed by atoms with Crippen molar-refractivity contribution in [2.24, 2.45) is 0 Å². The minimum atomic E-state index is -0.0865. The van der Waals surface area contributed by atoms with Gasteiger partial charge in [-0.25, -0.2) is 9.97 Å². The van der Waals surface area contributed by atoms with Crippen LogP contribution in [0.5, 0.6) is 5.75 Å². The van der Waals surface area contributed by atoms with Crippen molar-refractivity contribution in [1.82, 2.24) is 14.9 Å². The van der Waals surface area contributed by atoms with Gasteiger partial charge in [-0.15, -0.1) is 23.7 Å². The Labute approximate surface area is 206 Å². The highest BCUT2D eigenvalue weighted by Gasteiger charge is 2.24. The largest absolute Gasteiger partial charge is 0.494 e. The second-order valence-corrected chi connectivity index (χ2v) is 9.21. The topological polar surface area (TPSA) is 58.6 Å². The molecule has 0 aliphatic carbocycles. The van der Waals surface area contributed by atoms with Crippen LogP contribution in [-0.2, 0) is 0 Å². The zero-order valence-corrected chi connectivity index (χ0v) is 21.2. The van der Waals surface area contributed by atoms with Crippen molar-refractivity contribution in [2.75, 3.05) is 38.2 Å². The van der Waals surface area contributed by atoms with Crippen molar-refractivity contribution >= 4 is 78.2 Å². The van der Waals surface area contributed by atoms with Gasteiger partial charge in [0.2, 0.25) is 0 Å². The van der Waals surface area contributed by atoms with Crippen LogP contribution in [0.1, 0.15) is 24.2 Å². The van der Waals surface area contributed by atoms with E-state index in [0.29, 0.717) is 33.5 Å². The van der Waals surface area contributed by atoms with E-state index in [2.05, 4.69) is 23.7 Å². The van der Waals surface area contributed by atoms with Crippen LogP contribution in [0.2, 0.25) is 5.02 Å². The SMILES string of the molecule is CCN(CC)CCN(C(=O)c1ccc2ncsc2c1)c1nc2c(OC)ccc(Cl)c2s1.Cl. The van der Waals surface area contributed by atoms with Gasteiger partial charge in [-0.2, -0.15) is 0 Å². The van der Waals surface area contributed by atoms with E-state index in [-0.39, 0.29) is 18.3 Å². The number of hydrogen-bond acceptors (Lipinski definition) is 7. The zero-order chi connectivity index (χ0) is 22.0. The van der Waals surface area contributed by atoms with E-state index in [1.54, 1.807) is 29.7 Å². The molecule has 0 saturated heterocycles. The molecular formula is C22H24Cl2N4O2S2. The number of ether oxygens (including phenoxy) is 1. The number of methoxy groups -OCH3 is 1. The van der Waals surface area contributed by atoms with Gasteiger partial charge in [-0.1, -0.05) is 36.8 Å². The number of anilines is 1. The van der Waals surface area contributed by atoms with Gasteiger partial charge in [0.25, 0.3) is 5.91 Å². The third-order valence-corrected chi connectivity index (χ3v) is 7.59. The first kappa shape index (κ1) is 24.7. The lowest BCUT2D eigenvalue weighted by Crippen LogP contribution is -2.38. The quantitative estimate of drug-likeness (QED) is 0.291. The van der Waals surface area contributed by atoms with Crippen LogP contribution < -0.4 is 9.64 Å². The monoisotopic (exact) mass is 510 g/mol. The molecule has 170 valence electrons. The Morgan fingerprint density at radius 1 is 1.16 bits per heavy atom. The molecule has 4 rings (SSSR count). The molecule has 2 heterocycles. The van der Waals surface area contributed by atoms with Crippen molar-refractivity contribution in [3.8, 4) is 5.75 Å². The predicted octanol–water partition coefficient (Wildman–Crippen LogP) is 5.98. The number of aromatic nitrogens is 2. The van der Waals surface area contributed by atoms with E-state index in [1.807, 2.05) is 18.2 Å². The second-order valence-electron chi connectivity index (χ2n) is 6.94. The second kappa shape index (κ2) is 10.8. The lowest BCUT2D eigenvalue weighted by molar-refractivity contribution is 0.0984. The lowest BCUT2D eigenvalue weighted by atomic mass is 10.2. The van der Waals surface area contributed by atoms with Gasteiger partial charge < -0.3 is 9.64 Å². The Kier molecular flexibility index (Phi) is 8.30. The number of nitrogens with zero attached hydrogens (tertiary/aromatic N) is 4.